The third kappa shape index (κ3) is 4.12. The van der Waals surface area contributed by atoms with E-state index in [1.807, 2.05) is 0 Å². The van der Waals surface area contributed by atoms with Gasteiger partial charge in [0, 0.05) is 17.5 Å². The molecule has 7 nitrogen and oxygen atoms in total. The summed E-state index contributed by atoms with van der Waals surface area (Å²) in [4.78, 5) is 12.3. The van der Waals surface area contributed by atoms with Crippen molar-refractivity contribution >= 4 is 29.0 Å². The van der Waals surface area contributed by atoms with Crippen molar-refractivity contribution in [2.24, 2.45) is 0 Å². The molecule has 2 aromatic heterocycles. The number of ether oxygens (including phenoxy) is 1. The van der Waals surface area contributed by atoms with Crippen LogP contribution in [0, 0.1) is 0 Å². The SMILES string of the molecule is Nc1cc(-c2n[nH]c(CCCOc3ccc(Cl)cc3Cl)n2)ncn1. The van der Waals surface area contributed by atoms with Crippen molar-refractivity contribution in [3.63, 3.8) is 0 Å². The number of nitrogen functional groups attached to an aromatic ring is 1. The average Bonchev–Trinajstić information content (AvgIpc) is 3.02. The Morgan fingerprint density at radius 3 is 2.83 bits per heavy atom. The number of aromatic nitrogens is 5. The van der Waals surface area contributed by atoms with Crippen LogP contribution in [0.2, 0.25) is 10.0 Å². The molecule has 3 rings (SSSR count). The maximum Gasteiger partial charge on any atom is 0.199 e. The fourth-order valence-corrected chi connectivity index (χ4v) is 2.49. The van der Waals surface area contributed by atoms with Gasteiger partial charge in [0.25, 0.3) is 0 Å². The van der Waals surface area contributed by atoms with Gasteiger partial charge in [-0.3, -0.25) is 5.10 Å². The van der Waals surface area contributed by atoms with E-state index in [2.05, 4.69) is 25.1 Å². The van der Waals surface area contributed by atoms with Crippen molar-refractivity contribution < 1.29 is 4.74 Å². The molecule has 0 aliphatic rings. The van der Waals surface area contributed by atoms with Crippen molar-refractivity contribution in [3.8, 4) is 17.3 Å². The molecule has 9 heteroatoms. The summed E-state index contributed by atoms with van der Waals surface area (Å²) >= 11 is 11.9. The van der Waals surface area contributed by atoms with Gasteiger partial charge >= 0.3 is 0 Å². The number of hydrogen-bond donors (Lipinski definition) is 2. The minimum Gasteiger partial charge on any atom is -0.492 e. The van der Waals surface area contributed by atoms with Crippen molar-refractivity contribution in [2.75, 3.05) is 12.3 Å². The van der Waals surface area contributed by atoms with E-state index in [1.165, 1.54) is 6.33 Å². The first-order valence-electron chi connectivity index (χ1n) is 7.19. The first kappa shape index (κ1) is 16.5. The number of anilines is 1. The van der Waals surface area contributed by atoms with Gasteiger partial charge in [-0.2, -0.15) is 5.10 Å². The minimum absolute atomic E-state index is 0.375. The summed E-state index contributed by atoms with van der Waals surface area (Å²) in [7, 11) is 0. The van der Waals surface area contributed by atoms with Gasteiger partial charge < -0.3 is 10.5 Å². The Morgan fingerprint density at radius 1 is 1.17 bits per heavy atom. The van der Waals surface area contributed by atoms with Gasteiger partial charge in [0.05, 0.1) is 11.6 Å². The first-order chi connectivity index (χ1) is 11.6. The molecule has 3 N–H and O–H groups in total. The summed E-state index contributed by atoms with van der Waals surface area (Å²) in [5, 5.41) is 8.08. The molecule has 0 amide bonds. The average molecular weight is 365 g/mol. The lowest BCUT2D eigenvalue weighted by molar-refractivity contribution is 0.310. The number of H-pyrrole nitrogens is 1. The predicted molar refractivity (Wildman–Crippen MR) is 92.1 cm³/mol. The molecule has 124 valence electrons. The van der Waals surface area contributed by atoms with E-state index in [1.54, 1.807) is 24.3 Å². The molecule has 0 aliphatic carbocycles. The molecule has 0 aliphatic heterocycles. The monoisotopic (exact) mass is 364 g/mol. The second-order valence-electron chi connectivity index (χ2n) is 4.96. The van der Waals surface area contributed by atoms with Crippen LogP contribution in [0.1, 0.15) is 12.2 Å². The van der Waals surface area contributed by atoms with Gasteiger partial charge in [0.1, 0.15) is 29.4 Å². The number of halogens is 2. The maximum absolute atomic E-state index is 6.05. The van der Waals surface area contributed by atoms with E-state index >= 15 is 0 Å². The number of aryl methyl sites for hydroxylation is 1. The molecule has 1 aromatic carbocycles. The van der Waals surface area contributed by atoms with E-state index in [0.717, 1.165) is 12.2 Å². The minimum atomic E-state index is 0.375. The Balaban J connectivity index is 1.52. The second-order valence-corrected chi connectivity index (χ2v) is 5.80. The molecule has 0 saturated carbocycles. The van der Waals surface area contributed by atoms with Gasteiger partial charge in [-0.05, 0) is 24.6 Å². The summed E-state index contributed by atoms with van der Waals surface area (Å²) < 4.78 is 5.63. The lowest BCUT2D eigenvalue weighted by Crippen LogP contribution is -2.01. The van der Waals surface area contributed by atoms with Crippen LogP contribution in [-0.2, 0) is 6.42 Å². The number of nitrogens with two attached hydrogens (primary N) is 1. The number of nitrogens with one attached hydrogen (secondary N) is 1. The molecule has 0 spiro atoms. The number of rotatable bonds is 6. The highest BCUT2D eigenvalue weighted by molar-refractivity contribution is 6.35. The lowest BCUT2D eigenvalue weighted by Gasteiger charge is -2.07. The molecule has 0 atom stereocenters. The van der Waals surface area contributed by atoms with Crippen LogP contribution in [0.3, 0.4) is 0 Å². The molecule has 0 bridgehead atoms. The fourth-order valence-electron chi connectivity index (χ4n) is 2.03. The lowest BCUT2D eigenvalue weighted by atomic mass is 10.3. The van der Waals surface area contributed by atoms with Crippen molar-refractivity contribution in [2.45, 2.75) is 12.8 Å². The topological polar surface area (TPSA) is 103 Å². The van der Waals surface area contributed by atoms with Gasteiger partial charge in [-0.15, -0.1) is 0 Å². The van der Waals surface area contributed by atoms with Crippen molar-refractivity contribution in [1.29, 1.82) is 0 Å². The third-order valence-corrected chi connectivity index (χ3v) is 3.69. The molecular formula is C15H14Cl2N6O. The van der Waals surface area contributed by atoms with Gasteiger partial charge in [-0.1, -0.05) is 23.2 Å². The zero-order chi connectivity index (χ0) is 16.9. The van der Waals surface area contributed by atoms with Gasteiger partial charge in [-0.25, -0.2) is 15.0 Å². The fraction of sp³-hybridized carbons (Fsp3) is 0.200. The van der Waals surface area contributed by atoms with Crippen LogP contribution in [0.4, 0.5) is 5.82 Å². The van der Waals surface area contributed by atoms with Gasteiger partial charge in [0.15, 0.2) is 5.82 Å². The molecule has 0 radical (unpaired) electrons. The van der Waals surface area contributed by atoms with E-state index in [0.29, 0.717) is 46.2 Å². The second kappa shape index (κ2) is 7.46. The van der Waals surface area contributed by atoms with E-state index in [9.17, 15) is 0 Å². The van der Waals surface area contributed by atoms with Crippen LogP contribution in [0.15, 0.2) is 30.6 Å². The Kier molecular flexibility index (Phi) is 5.12. The number of aromatic amines is 1. The largest absolute Gasteiger partial charge is 0.492 e. The van der Waals surface area contributed by atoms with E-state index in [-0.39, 0.29) is 0 Å². The molecule has 0 saturated heterocycles. The summed E-state index contributed by atoms with van der Waals surface area (Å²) in [6, 6.07) is 6.75. The van der Waals surface area contributed by atoms with E-state index < -0.39 is 0 Å². The number of nitrogens with zero attached hydrogens (tertiary/aromatic N) is 4. The Morgan fingerprint density at radius 2 is 2.04 bits per heavy atom. The summed E-state index contributed by atoms with van der Waals surface area (Å²) in [6.45, 7) is 0.498. The van der Waals surface area contributed by atoms with Crippen LogP contribution in [0.5, 0.6) is 5.75 Å². The summed E-state index contributed by atoms with van der Waals surface area (Å²) in [5.74, 6) is 2.21. The smallest absolute Gasteiger partial charge is 0.199 e. The number of benzene rings is 1. The highest BCUT2D eigenvalue weighted by Crippen LogP contribution is 2.27. The van der Waals surface area contributed by atoms with E-state index in [4.69, 9.17) is 33.7 Å². The maximum atomic E-state index is 6.05. The Hall–Kier alpha value is -2.38. The standard InChI is InChI=1S/C15H14Cl2N6O/c16-9-3-4-12(10(17)6-9)24-5-1-2-14-21-15(23-22-14)11-7-13(18)20-8-19-11/h3-4,6-8H,1-2,5H2,(H2,18,19,20)(H,21,22,23). The molecule has 24 heavy (non-hydrogen) atoms. The molecule has 0 unspecified atom stereocenters. The zero-order valence-electron chi connectivity index (χ0n) is 12.5. The van der Waals surface area contributed by atoms with Gasteiger partial charge in [0.2, 0.25) is 0 Å². The Bertz CT molecular complexity index is 838. The first-order valence-corrected chi connectivity index (χ1v) is 7.94. The van der Waals surface area contributed by atoms with Crippen LogP contribution in [-0.4, -0.2) is 31.8 Å². The number of hydrogen-bond acceptors (Lipinski definition) is 6. The predicted octanol–water partition coefficient (Wildman–Crippen LogP) is 3.16. The molecule has 0 fully saturated rings. The summed E-state index contributed by atoms with van der Waals surface area (Å²) in [5.41, 5.74) is 6.20. The quantitative estimate of drug-likeness (QED) is 0.651. The molecule has 2 heterocycles. The van der Waals surface area contributed by atoms with Crippen LogP contribution >= 0.6 is 23.2 Å². The normalized spacial score (nSPS) is 10.8. The van der Waals surface area contributed by atoms with Crippen molar-refractivity contribution in [3.05, 3.63) is 46.5 Å². The Labute approximate surface area is 148 Å². The van der Waals surface area contributed by atoms with Crippen LogP contribution in [0.25, 0.3) is 11.5 Å². The highest BCUT2D eigenvalue weighted by Gasteiger charge is 2.08. The third-order valence-electron chi connectivity index (χ3n) is 3.16. The molecule has 3 aromatic rings. The highest BCUT2D eigenvalue weighted by atomic mass is 35.5. The molecular weight excluding hydrogens is 351 g/mol. The summed E-state index contributed by atoms with van der Waals surface area (Å²) in [6.07, 6.45) is 2.81. The van der Waals surface area contributed by atoms with Crippen molar-refractivity contribution in [1.82, 2.24) is 25.1 Å². The van der Waals surface area contributed by atoms with Crippen LogP contribution < -0.4 is 10.5 Å². The zero-order valence-corrected chi connectivity index (χ0v) is 14.1.